The number of nitrogens with zero attached hydrogens (tertiary/aromatic N) is 1. The highest BCUT2D eigenvalue weighted by molar-refractivity contribution is 5.74. The zero-order chi connectivity index (χ0) is 13.1. The van der Waals surface area contributed by atoms with Gasteiger partial charge < -0.3 is 5.11 Å². The van der Waals surface area contributed by atoms with Crippen molar-refractivity contribution in [2.45, 2.75) is 26.7 Å². The summed E-state index contributed by atoms with van der Waals surface area (Å²) in [6.45, 7) is 3.37. The molecule has 0 bridgehead atoms. The maximum atomic E-state index is 11.2. The Morgan fingerprint density at radius 2 is 2.06 bits per heavy atom. The zero-order valence-electron chi connectivity index (χ0n) is 9.84. The molecule has 0 aliphatic carbocycles. The van der Waals surface area contributed by atoms with Crippen LogP contribution in [0.4, 0.5) is 5.69 Å². The predicted octanol–water partition coefficient (Wildman–Crippen LogP) is 2.64. The van der Waals surface area contributed by atoms with E-state index in [2.05, 4.69) is 0 Å². The molecular formula is C12H15NO4. The first-order chi connectivity index (χ1) is 7.90. The second-order valence-corrected chi connectivity index (χ2v) is 4.28. The molecule has 0 aliphatic rings. The summed E-state index contributed by atoms with van der Waals surface area (Å²) >= 11 is 0. The average molecular weight is 237 g/mol. The molecule has 0 aliphatic heterocycles. The van der Waals surface area contributed by atoms with Gasteiger partial charge in [0.1, 0.15) is 0 Å². The Hall–Kier alpha value is -1.91. The summed E-state index contributed by atoms with van der Waals surface area (Å²) in [6.07, 6.45) is 0.588. The van der Waals surface area contributed by atoms with Gasteiger partial charge in [-0.15, -0.1) is 0 Å². The van der Waals surface area contributed by atoms with Crippen LogP contribution in [0.25, 0.3) is 0 Å². The molecule has 1 aromatic carbocycles. The monoisotopic (exact) mass is 237 g/mol. The third-order valence-corrected chi connectivity index (χ3v) is 3.07. The van der Waals surface area contributed by atoms with Crippen LogP contribution in [-0.2, 0) is 11.2 Å². The number of benzene rings is 1. The van der Waals surface area contributed by atoms with Gasteiger partial charge >= 0.3 is 5.97 Å². The number of carboxylic acids is 1. The van der Waals surface area contributed by atoms with Crippen LogP contribution in [-0.4, -0.2) is 16.0 Å². The minimum atomic E-state index is -0.966. The summed E-state index contributed by atoms with van der Waals surface area (Å²) in [7, 11) is 0. The number of nitro benzene ring substituents is 1. The number of rotatable bonds is 5. The van der Waals surface area contributed by atoms with Crippen molar-refractivity contribution in [3.05, 3.63) is 39.9 Å². The van der Waals surface area contributed by atoms with E-state index in [0.717, 1.165) is 0 Å². The second-order valence-electron chi connectivity index (χ2n) is 4.28. The van der Waals surface area contributed by atoms with Gasteiger partial charge in [0.05, 0.1) is 10.3 Å². The van der Waals surface area contributed by atoms with E-state index >= 15 is 0 Å². The number of hydrogen-bond acceptors (Lipinski definition) is 3. The Bertz CT molecular complexity index is 444. The molecule has 0 amide bonds. The smallest absolute Gasteiger partial charge is 0.309 e. The van der Waals surface area contributed by atoms with Gasteiger partial charge in [0.2, 0.25) is 0 Å². The molecule has 92 valence electrons. The molecule has 1 N–H and O–H groups in total. The van der Waals surface area contributed by atoms with Crippen molar-refractivity contribution < 1.29 is 14.8 Å². The molecule has 0 fully saturated rings. The van der Waals surface area contributed by atoms with E-state index in [-0.39, 0.29) is 12.1 Å². The van der Waals surface area contributed by atoms with Crippen molar-refractivity contribution in [2.24, 2.45) is 5.41 Å². The van der Waals surface area contributed by atoms with Gasteiger partial charge in [-0.2, -0.15) is 0 Å². The first-order valence-electron chi connectivity index (χ1n) is 5.36. The lowest BCUT2D eigenvalue weighted by Crippen LogP contribution is -2.29. The molecule has 0 heterocycles. The fourth-order valence-corrected chi connectivity index (χ4v) is 1.61. The molecule has 0 saturated carbocycles. The summed E-state index contributed by atoms with van der Waals surface area (Å²) in [5.74, 6) is -0.932. The molecule has 0 spiro atoms. The van der Waals surface area contributed by atoms with Crippen molar-refractivity contribution in [3.63, 3.8) is 0 Å². The van der Waals surface area contributed by atoms with Gasteiger partial charge in [-0.25, -0.2) is 0 Å². The SMILES string of the molecule is CCC(C)(Cc1ccccc1[N+](=O)[O-])C(=O)O. The van der Waals surface area contributed by atoms with E-state index in [4.69, 9.17) is 5.11 Å². The number of carbonyl (C=O) groups is 1. The van der Waals surface area contributed by atoms with Crippen LogP contribution in [0.3, 0.4) is 0 Å². The number of carboxylic acid groups (broad SMARTS) is 1. The molecule has 1 rings (SSSR count). The van der Waals surface area contributed by atoms with Crippen molar-refractivity contribution >= 4 is 11.7 Å². The maximum Gasteiger partial charge on any atom is 0.309 e. The first kappa shape index (κ1) is 13.2. The van der Waals surface area contributed by atoms with Crippen LogP contribution >= 0.6 is 0 Å². The molecule has 5 heteroatoms. The summed E-state index contributed by atoms with van der Waals surface area (Å²) in [5, 5.41) is 20.0. The standard InChI is InChI=1S/C12H15NO4/c1-3-12(2,11(14)15)8-9-6-4-5-7-10(9)13(16)17/h4-7H,3,8H2,1-2H3,(H,14,15). The highest BCUT2D eigenvalue weighted by Crippen LogP contribution is 2.30. The molecule has 0 radical (unpaired) electrons. The summed E-state index contributed by atoms with van der Waals surface area (Å²) in [6, 6.07) is 6.26. The molecule has 1 unspecified atom stereocenters. The third-order valence-electron chi connectivity index (χ3n) is 3.07. The van der Waals surface area contributed by atoms with Crippen LogP contribution in [0.2, 0.25) is 0 Å². The molecular weight excluding hydrogens is 222 g/mol. The molecule has 0 saturated heterocycles. The summed E-state index contributed by atoms with van der Waals surface area (Å²) < 4.78 is 0. The van der Waals surface area contributed by atoms with Gasteiger partial charge in [0.25, 0.3) is 5.69 Å². The Labute approximate surface area is 99.2 Å². The second kappa shape index (κ2) is 4.95. The number of hydrogen-bond donors (Lipinski definition) is 1. The van der Waals surface area contributed by atoms with Crippen molar-refractivity contribution in [1.29, 1.82) is 0 Å². The van der Waals surface area contributed by atoms with Gasteiger partial charge in [-0.1, -0.05) is 25.1 Å². The summed E-state index contributed by atoms with van der Waals surface area (Å²) in [4.78, 5) is 21.5. The van der Waals surface area contributed by atoms with E-state index in [9.17, 15) is 14.9 Å². The largest absolute Gasteiger partial charge is 0.481 e. The highest BCUT2D eigenvalue weighted by Gasteiger charge is 2.33. The summed E-state index contributed by atoms with van der Waals surface area (Å²) in [5.41, 5.74) is -0.524. The molecule has 0 aromatic heterocycles. The van der Waals surface area contributed by atoms with Crippen molar-refractivity contribution in [2.75, 3.05) is 0 Å². The lowest BCUT2D eigenvalue weighted by molar-refractivity contribution is -0.385. The van der Waals surface area contributed by atoms with Crippen LogP contribution < -0.4 is 0 Å². The third kappa shape index (κ3) is 2.81. The average Bonchev–Trinajstić information content (AvgIpc) is 2.29. The van der Waals surface area contributed by atoms with Crippen LogP contribution in [0, 0.1) is 15.5 Å². The Morgan fingerprint density at radius 1 is 1.47 bits per heavy atom. The van der Waals surface area contributed by atoms with Crippen molar-refractivity contribution in [1.82, 2.24) is 0 Å². The fraction of sp³-hybridized carbons (Fsp3) is 0.417. The van der Waals surface area contributed by atoms with Crippen molar-refractivity contribution in [3.8, 4) is 0 Å². The van der Waals surface area contributed by atoms with Gasteiger partial charge in [0.15, 0.2) is 0 Å². The Balaban J connectivity index is 3.10. The minimum absolute atomic E-state index is 0.0200. The molecule has 1 atom stereocenters. The van der Waals surface area contributed by atoms with E-state index in [1.54, 1.807) is 32.0 Å². The van der Waals surface area contributed by atoms with E-state index in [1.807, 2.05) is 0 Å². The lowest BCUT2D eigenvalue weighted by atomic mass is 9.81. The Morgan fingerprint density at radius 3 is 2.53 bits per heavy atom. The normalized spacial score (nSPS) is 14.0. The van der Waals surface area contributed by atoms with E-state index in [0.29, 0.717) is 12.0 Å². The van der Waals surface area contributed by atoms with Gasteiger partial charge in [-0.05, 0) is 19.8 Å². The number of para-hydroxylation sites is 1. The van der Waals surface area contributed by atoms with Crippen LogP contribution in [0.15, 0.2) is 24.3 Å². The van der Waals surface area contributed by atoms with Crippen LogP contribution in [0.1, 0.15) is 25.8 Å². The zero-order valence-corrected chi connectivity index (χ0v) is 9.84. The number of nitro groups is 1. The number of aliphatic carboxylic acids is 1. The van der Waals surface area contributed by atoms with Gasteiger partial charge in [0, 0.05) is 11.6 Å². The van der Waals surface area contributed by atoms with E-state index in [1.165, 1.54) is 6.07 Å². The molecule has 17 heavy (non-hydrogen) atoms. The molecule has 5 nitrogen and oxygen atoms in total. The van der Waals surface area contributed by atoms with E-state index < -0.39 is 16.3 Å². The van der Waals surface area contributed by atoms with Crippen LogP contribution in [0.5, 0.6) is 0 Å². The Kier molecular flexibility index (Phi) is 3.83. The fourth-order valence-electron chi connectivity index (χ4n) is 1.61. The molecule has 1 aromatic rings. The highest BCUT2D eigenvalue weighted by atomic mass is 16.6. The first-order valence-corrected chi connectivity index (χ1v) is 5.36. The topological polar surface area (TPSA) is 80.4 Å². The van der Waals surface area contributed by atoms with Gasteiger partial charge in [-0.3, -0.25) is 14.9 Å². The maximum absolute atomic E-state index is 11.2. The quantitative estimate of drug-likeness (QED) is 0.630. The lowest BCUT2D eigenvalue weighted by Gasteiger charge is -2.22. The predicted molar refractivity (Wildman–Crippen MR) is 62.8 cm³/mol. The minimum Gasteiger partial charge on any atom is -0.481 e.